The number of nitrogens with zero attached hydrogens (tertiary/aromatic N) is 3. The summed E-state index contributed by atoms with van der Waals surface area (Å²) in [4.78, 5) is 60.7. The summed E-state index contributed by atoms with van der Waals surface area (Å²) in [5.41, 5.74) is 1.56. The van der Waals surface area contributed by atoms with Gasteiger partial charge in [0.15, 0.2) is 0 Å². The molecule has 1 aromatic carbocycles. The molecule has 0 saturated carbocycles. The highest BCUT2D eigenvalue weighted by atomic mass is 19.1. The van der Waals surface area contributed by atoms with E-state index in [1.54, 1.807) is 52.3 Å². The molecular weight excluding hydrogens is 633 g/mol. The van der Waals surface area contributed by atoms with Crippen LogP contribution in [0.1, 0.15) is 92.8 Å². The summed E-state index contributed by atoms with van der Waals surface area (Å²) in [5, 5.41) is 7.13. The minimum atomic E-state index is -1.86. The number of likely N-dealkylation sites (N-methyl/N-ethyl adjacent to an activating group) is 1. The maximum atomic E-state index is 15.3. The lowest BCUT2D eigenvalue weighted by Gasteiger charge is -2.36. The minimum absolute atomic E-state index is 0.0297. The molecule has 1 aliphatic carbocycles. The van der Waals surface area contributed by atoms with Crippen LogP contribution in [0.15, 0.2) is 16.9 Å². The van der Waals surface area contributed by atoms with Gasteiger partial charge >= 0.3 is 18.2 Å². The zero-order chi connectivity index (χ0) is 35.0. The van der Waals surface area contributed by atoms with Crippen LogP contribution in [0.3, 0.4) is 0 Å². The SMILES string of the molecule is CC[C@@]1(OC(=O)N(C)C[C@@H]2CCCN2)C(=O)OCc2c1cc1n(c2=O)Cc2c-1nc1cc(F)c(C)c3c1c2[C@@H](NC(=O)OC(C)(C)C)CC3. The first-order valence-electron chi connectivity index (χ1n) is 17.0. The number of hydrogen-bond donors (Lipinski definition) is 2. The Kier molecular flexibility index (Phi) is 7.96. The standard InChI is InChI=1S/C36H42FN5O7/c1-7-36(49-34(46)41(6)15-19-9-8-12-38-19)23-13-27-30-21(16-42(27)31(43)22(23)17-47-32(36)44)29-25(40-33(45)48-35(3,4)5)11-10-20-18(2)24(37)14-26(39-30)28(20)29/h13-14,19,25,38H,7-12,15-17H2,1-6H3,(H,40,45)/t19-,25-,36-/m0/s1. The number of halogens is 1. The molecule has 2 N–H and O–H groups in total. The summed E-state index contributed by atoms with van der Waals surface area (Å²) in [5.74, 6) is -1.15. The van der Waals surface area contributed by atoms with Crippen molar-refractivity contribution in [1.29, 1.82) is 0 Å². The van der Waals surface area contributed by atoms with Crippen molar-refractivity contribution in [2.45, 2.75) is 103 Å². The number of fused-ring (bicyclic) bond motifs is 5. The van der Waals surface area contributed by atoms with Crippen LogP contribution >= 0.6 is 0 Å². The van der Waals surface area contributed by atoms with Gasteiger partial charge in [-0.3, -0.25) is 4.79 Å². The molecule has 0 radical (unpaired) electrons. The van der Waals surface area contributed by atoms with E-state index in [4.69, 9.17) is 19.2 Å². The molecule has 12 nitrogen and oxygen atoms in total. The molecular formula is C36H42FN5O7. The highest BCUT2D eigenvalue weighted by Gasteiger charge is 2.51. The van der Waals surface area contributed by atoms with E-state index in [1.807, 2.05) is 0 Å². The van der Waals surface area contributed by atoms with Crippen LogP contribution in [-0.2, 0) is 44.2 Å². The van der Waals surface area contributed by atoms with E-state index in [1.165, 1.54) is 11.0 Å². The number of carbonyl (C=O) groups excluding carboxylic acids is 3. The van der Waals surface area contributed by atoms with E-state index in [0.717, 1.165) is 41.5 Å². The lowest BCUT2D eigenvalue weighted by Crippen LogP contribution is -2.50. The van der Waals surface area contributed by atoms with Gasteiger partial charge in [-0.15, -0.1) is 0 Å². The molecule has 1 saturated heterocycles. The average molecular weight is 676 g/mol. The first kappa shape index (κ1) is 33.0. The molecule has 49 heavy (non-hydrogen) atoms. The number of benzene rings is 1. The van der Waals surface area contributed by atoms with Gasteiger partial charge in [-0.05, 0) is 89.1 Å². The smallest absolute Gasteiger partial charge is 0.411 e. The fourth-order valence-corrected chi connectivity index (χ4v) is 7.85. The maximum Gasteiger partial charge on any atom is 0.411 e. The van der Waals surface area contributed by atoms with Gasteiger partial charge in [0.25, 0.3) is 5.56 Å². The summed E-state index contributed by atoms with van der Waals surface area (Å²) >= 11 is 0. The highest BCUT2D eigenvalue weighted by Crippen LogP contribution is 2.46. The Hall–Kier alpha value is -4.52. The van der Waals surface area contributed by atoms with Crippen LogP contribution in [0, 0.1) is 12.7 Å². The zero-order valence-corrected chi connectivity index (χ0v) is 28.8. The molecule has 0 bridgehead atoms. The minimum Gasteiger partial charge on any atom is -0.457 e. The summed E-state index contributed by atoms with van der Waals surface area (Å²) < 4.78 is 34.0. The number of nitrogens with one attached hydrogen (secondary N) is 2. The van der Waals surface area contributed by atoms with E-state index in [-0.39, 0.29) is 36.7 Å². The number of rotatable bonds is 5. The molecule has 7 rings (SSSR count). The van der Waals surface area contributed by atoms with E-state index in [9.17, 15) is 19.2 Å². The van der Waals surface area contributed by atoms with Gasteiger partial charge in [0, 0.05) is 42.2 Å². The van der Waals surface area contributed by atoms with Gasteiger partial charge in [-0.2, -0.15) is 0 Å². The molecule has 3 atom stereocenters. The average Bonchev–Trinajstić information content (AvgIpc) is 3.69. The Morgan fingerprint density at radius 3 is 2.67 bits per heavy atom. The van der Waals surface area contributed by atoms with E-state index in [0.29, 0.717) is 41.9 Å². The largest absolute Gasteiger partial charge is 0.457 e. The Bertz CT molecular complexity index is 1980. The molecule has 3 aromatic rings. The van der Waals surface area contributed by atoms with Gasteiger partial charge in [0.05, 0.1) is 35.1 Å². The number of hydrogen-bond acceptors (Lipinski definition) is 9. The molecule has 260 valence electrons. The van der Waals surface area contributed by atoms with Crippen LogP contribution in [-0.4, -0.2) is 64.4 Å². The van der Waals surface area contributed by atoms with Crippen molar-refractivity contribution in [3.8, 4) is 11.4 Å². The zero-order valence-electron chi connectivity index (χ0n) is 28.8. The molecule has 0 unspecified atom stereocenters. The number of amides is 2. The van der Waals surface area contributed by atoms with Gasteiger partial charge in [-0.1, -0.05) is 6.92 Å². The van der Waals surface area contributed by atoms with Gasteiger partial charge in [-0.25, -0.2) is 23.8 Å². The number of aryl methyl sites for hydroxylation is 1. The molecule has 4 aliphatic rings. The van der Waals surface area contributed by atoms with E-state index >= 15 is 4.39 Å². The van der Waals surface area contributed by atoms with Crippen LogP contribution < -0.4 is 16.2 Å². The number of alkyl carbamates (subject to hydrolysis) is 1. The molecule has 2 amide bonds. The van der Waals surface area contributed by atoms with Gasteiger partial charge in [0.1, 0.15) is 18.0 Å². The number of pyridine rings is 2. The summed E-state index contributed by atoms with van der Waals surface area (Å²) in [6.45, 7) is 9.94. The predicted octanol–water partition coefficient (Wildman–Crippen LogP) is 4.87. The molecule has 2 aromatic heterocycles. The third-order valence-electron chi connectivity index (χ3n) is 10.3. The van der Waals surface area contributed by atoms with Crippen molar-refractivity contribution in [3.05, 3.63) is 61.7 Å². The van der Waals surface area contributed by atoms with Gasteiger partial charge < -0.3 is 34.3 Å². The third-order valence-corrected chi connectivity index (χ3v) is 10.3. The van der Waals surface area contributed by atoms with Crippen molar-refractivity contribution >= 4 is 29.1 Å². The van der Waals surface area contributed by atoms with E-state index in [2.05, 4.69) is 10.6 Å². The second kappa shape index (κ2) is 11.8. The van der Waals surface area contributed by atoms with Crippen molar-refractivity contribution in [1.82, 2.24) is 25.1 Å². The van der Waals surface area contributed by atoms with Crippen LogP contribution in [0.4, 0.5) is 14.0 Å². The maximum absolute atomic E-state index is 15.3. The van der Waals surface area contributed by atoms with Crippen LogP contribution in [0.2, 0.25) is 0 Å². The molecule has 5 heterocycles. The third kappa shape index (κ3) is 5.42. The monoisotopic (exact) mass is 675 g/mol. The Labute approximate surface area is 283 Å². The fraction of sp³-hybridized carbons (Fsp3) is 0.528. The second-order valence-electron chi connectivity index (χ2n) is 14.6. The van der Waals surface area contributed by atoms with E-state index < -0.39 is 46.8 Å². The van der Waals surface area contributed by atoms with Crippen LogP contribution in [0.25, 0.3) is 22.3 Å². The first-order chi connectivity index (χ1) is 23.2. The first-order valence-corrected chi connectivity index (χ1v) is 17.0. The predicted molar refractivity (Wildman–Crippen MR) is 178 cm³/mol. The number of ether oxygens (including phenoxy) is 3. The number of carbonyl (C=O) groups is 3. The lowest BCUT2D eigenvalue weighted by molar-refractivity contribution is -0.173. The molecule has 0 spiro atoms. The molecule has 1 fully saturated rings. The van der Waals surface area contributed by atoms with Crippen molar-refractivity contribution in [2.24, 2.45) is 0 Å². The topological polar surface area (TPSA) is 141 Å². The van der Waals surface area contributed by atoms with Crippen molar-refractivity contribution < 1.29 is 33.0 Å². The molecule has 3 aliphatic heterocycles. The summed E-state index contributed by atoms with van der Waals surface area (Å²) in [7, 11) is 1.62. The summed E-state index contributed by atoms with van der Waals surface area (Å²) in [6, 6.07) is 2.71. The Morgan fingerprint density at radius 2 is 1.98 bits per heavy atom. The van der Waals surface area contributed by atoms with Crippen LogP contribution in [0.5, 0.6) is 0 Å². The van der Waals surface area contributed by atoms with Crippen molar-refractivity contribution in [3.63, 3.8) is 0 Å². The quantitative estimate of drug-likeness (QED) is 0.224. The lowest BCUT2D eigenvalue weighted by atomic mass is 9.81. The second-order valence-corrected chi connectivity index (χ2v) is 14.6. The number of cyclic esters (lactones) is 1. The Balaban J connectivity index is 1.36. The van der Waals surface area contributed by atoms with Gasteiger partial charge in [0.2, 0.25) is 5.60 Å². The Morgan fingerprint density at radius 1 is 1.20 bits per heavy atom. The normalized spacial score (nSPS) is 22.2. The summed E-state index contributed by atoms with van der Waals surface area (Å²) in [6.07, 6.45) is 1.69. The molecule has 13 heteroatoms. The van der Waals surface area contributed by atoms with Crippen molar-refractivity contribution in [2.75, 3.05) is 20.1 Å². The highest BCUT2D eigenvalue weighted by molar-refractivity contribution is 5.94. The number of aromatic nitrogens is 2. The number of esters is 1. The fourth-order valence-electron chi connectivity index (χ4n) is 7.85.